The maximum Gasteiger partial charge on any atom is 0.386 e. The molecular formula is C22H19Al2N5. The Bertz CT molecular complexity index is 1060. The zero-order valence-corrected chi connectivity index (χ0v) is 18.7. The first-order chi connectivity index (χ1) is 14.1. The first-order valence-corrected chi connectivity index (χ1v) is 10.7. The molecule has 0 aromatic heterocycles. The molecule has 4 aliphatic rings. The molecule has 0 fully saturated rings. The summed E-state index contributed by atoms with van der Waals surface area (Å²) in [7, 11) is 0. The minimum Gasteiger partial charge on any atom is -0.345 e. The van der Waals surface area contributed by atoms with Crippen molar-refractivity contribution in [2.24, 2.45) is 41.7 Å². The lowest BCUT2D eigenvalue weighted by atomic mass is 9.74. The molecule has 0 spiro atoms. The number of hydrogen-bond acceptors (Lipinski definition) is 5. The average Bonchev–Trinajstić information content (AvgIpc) is 3.06. The van der Waals surface area contributed by atoms with Crippen LogP contribution in [0, 0.1) is 17.3 Å². The molecule has 0 amide bonds. The predicted octanol–water partition coefficient (Wildman–Crippen LogP) is 4.98. The highest BCUT2D eigenvalue weighted by Gasteiger charge is 2.46. The van der Waals surface area contributed by atoms with Crippen molar-refractivity contribution in [3.63, 3.8) is 0 Å². The van der Waals surface area contributed by atoms with E-state index in [9.17, 15) is 0 Å². The Hall–Kier alpha value is -2.15. The Morgan fingerprint density at radius 3 is 2.14 bits per heavy atom. The largest absolute Gasteiger partial charge is 0.386 e. The zero-order chi connectivity index (χ0) is 20.4. The van der Waals surface area contributed by atoms with E-state index in [1.54, 1.807) is 5.08 Å². The third kappa shape index (κ3) is 3.72. The highest BCUT2D eigenvalue weighted by Crippen LogP contribution is 2.56. The van der Waals surface area contributed by atoms with Crippen LogP contribution in [0.2, 0.25) is 0 Å². The molecule has 0 aliphatic heterocycles. The Morgan fingerprint density at radius 1 is 0.862 bits per heavy atom. The first-order valence-electron chi connectivity index (χ1n) is 9.49. The van der Waals surface area contributed by atoms with Crippen LogP contribution in [0.15, 0.2) is 119 Å². The molecule has 3 atom stereocenters. The molecule has 0 aromatic rings. The van der Waals surface area contributed by atoms with Gasteiger partial charge in [-0.1, -0.05) is 55.4 Å². The average molecular weight is 407 g/mol. The number of nitrogens with zero attached hydrogens (tertiary/aromatic N) is 5. The molecule has 4 radical (unpaired) electrons. The molecule has 4 aliphatic carbocycles. The van der Waals surface area contributed by atoms with Crippen LogP contribution in [0.1, 0.15) is 13.8 Å². The van der Waals surface area contributed by atoms with Crippen molar-refractivity contribution in [1.82, 2.24) is 0 Å². The van der Waals surface area contributed by atoms with Crippen LogP contribution in [-0.4, -0.2) is 37.9 Å². The van der Waals surface area contributed by atoms with E-state index in [0.717, 1.165) is 22.8 Å². The summed E-state index contributed by atoms with van der Waals surface area (Å²) < 4.78 is 3.77. The minimum absolute atomic E-state index is 0.154. The molecule has 0 N–H and O–H groups in total. The van der Waals surface area contributed by atoms with Gasteiger partial charge in [-0.05, 0) is 41.4 Å². The van der Waals surface area contributed by atoms with Gasteiger partial charge in [-0.3, -0.25) is 4.99 Å². The third-order valence-corrected chi connectivity index (χ3v) is 5.89. The molecule has 7 heteroatoms. The monoisotopic (exact) mass is 407 g/mol. The summed E-state index contributed by atoms with van der Waals surface area (Å²) in [5, 5.41) is 15.0. The van der Waals surface area contributed by atoms with Crippen molar-refractivity contribution in [3.8, 4) is 0 Å². The number of rotatable bonds is 4. The van der Waals surface area contributed by atoms with Gasteiger partial charge in [0.2, 0.25) is 0 Å². The second kappa shape index (κ2) is 8.30. The summed E-state index contributed by atoms with van der Waals surface area (Å²) in [4.78, 5) is 4.56. The Kier molecular flexibility index (Phi) is 5.77. The van der Waals surface area contributed by atoms with E-state index in [0.29, 0.717) is 5.92 Å². The van der Waals surface area contributed by atoms with Crippen LogP contribution in [0.5, 0.6) is 0 Å². The summed E-state index contributed by atoms with van der Waals surface area (Å²) in [5.41, 5.74) is 5.69. The highest BCUT2D eigenvalue weighted by atomic mass is 27.1. The maximum absolute atomic E-state index is 4.65. The van der Waals surface area contributed by atoms with Crippen LogP contribution < -0.4 is 0 Å². The molecular weight excluding hydrogens is 388 g/mol. The summed E-state index contributed by atoms with van der Waals surface area (Å²) in [5.74, 6) is 0.517. The standard InChI is InChI=1S/C22H19N5.2Al/c1-14-12-16(25-23)6-7-17(13-14)26-27-21-11-10-20(24-3)18-8-4-15-5-9-19(21)22(15,18)2;;/h3-15H,1-2H3;;/q-1;;+1. The summed E-state index contributed by atoms with van der Waals surface area (Å²) in [6.45, 7) is 4.35. The number of allylic oxidation sites excluding steroid dienone is 12. The molecule has 4 rings (SSSR count). The predicted molar refractivity (Wildman–Crippen MR) is 117 cm³/mol. The zero-order valence-electron chi connectivity index (χ0n) is 16.4. The van der Waals surface area contributed by atoms with Gasteiger partial charge in [0.15, 0.2) is 16.3 Å². The normalized spacial score (nSPS) is 30.7. The lowest BCUT2D eigenvalue weighted by Crippen LogP contribution is -2.22. The maximum atomic E-state index is 4.65. The van der Waals surface area contributed by atoms with Crippen molar-refractivity contribution in [3.05, 3.63) is 94.7 Å². The van der Waals surface area contributed by atoms with Crippen molar-refractivity contribution in [1.29, 1.82) is 0 Å². The van der Waals surface area contributed by atoms with Gasteiger partial charge in [0.05, 0.1) is 22.8 Å². The van der Waals surface area contributed by atoms with Crippen LogP contribution in [0.4, 0.5) is 0 Å². The van der Waals surface area contributed by atoms with Crippen LogP contribution in [-0.2, 0) is 0 Å². The molecule has 5 nitrogen and oxygen atoms in total. The molecule has 0 saturated carbocycles. The molecule has 0 bridgehead atoms. The van der Waals surface area contributed by atoms with Gasteiger partial charge < -0.3 is 4.10 Å². The van der Waals surface area contributed by atoms with Crippen molar-refractivity contribution < 1.29 is 0 Å². The summed E-state index contributed by atoms with van der Waals surface area (Å²) in [6, 6.07) is 0. The van der Waals surface area contributed by atoms with Crippen LogP contribution in [0.25, 0.3) is 0 Å². The van der Waals surface area contributed by atoms with Gasteiger partial charge in [0.25, 0.3) is 0 Å². The summed E-state index contributed by atoms with van der Waals surface area (Å²) >= 11 is 4.80. The third-order valence-electron chi connectivity index (χ3n) is 5.63. The molecule has 29 heavy (non-hydrogen) atoms. The van der Waals surface area contributed by atoms with E-state index in [1.165, 1.54) is 11.1 Å². The van der Waals surface area contributed by atoms with Crippen molar-refractivity contribution in [2.45, 2.75) is 13.8 Å². The Morgan fingerprint density at radius 2 is 1.48 bits per heavy atom. The van der Waals surface area contributed by atoms with E-state index in [4.69, 9.17) is 0 Å². The van der Waals surface area contributed by atoms with Crippen LogP contribution in [0.3, 0.4) is 0 Å². The minimum atomic E-state index is -0.154. The Labute approximate surface area is 187 Å². The van der Waals surface area contributed by atoms with E-state index in [1.807, 2.05) is 30.4 Å². The number of aliphatic imine (C=N–C) groups is 1. The molecule has 138 valence electrons. The lowest BCUT2D eigenvalue weighted by molar-refractivity contribution is 0.457. The number of azo groups is 1. The van der Waals surface area contributed by atoms with Gasteiger partial charge in [0, 0.05) is 11.3 Å². The quantitative estimate of drug-likeness (QED) is 0.358. The van der Waals surface area contributed by atoms with Gasteiger partial charge >= 0.3 is 16.5 Å². The second-order valence-electron chi connectivity index (χ2n) is 7.45. The van der Waals surface area contributed by atoms with Gasteiger partial charge in [-0.15, -0.1) is 0 Å². The Balaban J connectivity index is 1.70. The van der Waals surface area contributed by atoms with Gasteiger partial charge in [-0.25, -0.2) is 0 Å². The SMILES string of the molecule is CC1C=C(N=[N][Al])C=CC(N=NC2=C3C=CC4C=CC(=C(N=[CH][Al])C=C2)C34C)=C1. The fourth-order valence-electron chi connectivity index (χ4n) is 4.20. The second-order valence-corrected chi connectivity index (χ2v) is 7.98. The topological polar surface area (TPSA) is 61.8 Å². The number of hydrogen-bond donors (Lipinski definition) is 0. The first kappa shape index (κ1) is 20.1. The van der Waals surface area contributed by atoms with E-state index >= 15 is 0 Å². The summed E-state index contributed by atoms with van der Waals surface area (Å²) in [6.07, 6.45) is 20.8. The molecule has 3 unspecified atom stereocenters. The van der Waals surface area contributed by atoms with Gasteiger partial charge in [-0.2, -0.15) is 15.3 Å². The van der Waals surface area contributed by atoms with Gasteiger partial charge in [0.1, 0.15) is 0 Å². The fraction of sp³-hybridized carbons (Fsp3) is 0.227. The lowest BCUT2D eigenvalue weighted by Gasteiger charge is -2.29. The van der Waals surface area contributed by atoms with E-state index < -0.39 is 0 Å². The van der Waals surface area contributed by atoms with Crippen LogP contribution >= 0.6 is 0 Å². The van der Waals surface area contributed by atoms with E-state index in [2.05, 4.69) is 101 Å². The van der Waals surface area contributed by atoms with E-state index in [-0.39, 0.29) is 11.3 Å². The molecule has 0 aromatic carbocycles. The highest BCUT2D eigenvalue weighted by molar-refractivity contribution is 6.50. The van der Waals surface area contributed by atoms with Crippen molar-refractivity contribution >= 4 is 37.9 Å². The van der Waals surface area contributed by atoms with Crippen molar-refractivity contribution in [2.75, 3.05) is 0 Å². The fourth-order valence-corrected chi connectivity index (χ4v) is 4.49. The molecule has 0 heterocycles. The molecule has 0 saturated heterocycles. The smallest absolute Gasteiger partial charge is 0.345 e.